The largest absolute Gasteiger partial charge is 0.375 e. The Morgan fingerprint density at radius 1 is 1.21 bits per heavy atom. The zero-order valence-electron chi connectivity index (χ0n) is 10.4. The van der Waals surface area contributed by atoms with Crippen molar-refractivity contribution in [2.45, 2.75) is 13.5 Å². The van der Waals surface area contributed by atoms with Gasteiger partial charge in [0, 0.05) is 17.1 Å². The Labute approximate surface area is 119 Å². The lowest BCUT2D eigenvalue weighted by Gasteiger charge is -2.07. The van der Waals surface area contributed by atoms with Gasteiger partial charge in [0.1, 0.15) is 5.69 Å². The van der Waals surface area contributed by atoms with Gasteiger partial charge < -0.3 is 5.32 Å². The summed E-state index contributed by atoms with van der Waals surface area (Å²) in [4.78, 5) is 10.6. The van der Waals surface area contributed by atoms with Crippen molar-refractivity contribution in [3.63, 3.8) is 0 Å². The standard InChI is InChI=1S/C14H13BrN2O2/c1-10-2-4-11(5-3-10)9-16-13-7-6-12(15)8-14(13)17(18)19/h2-8,16H,9H2,1H3. The van der Waals surface area contributed by atoms with Crippen LogP contribution in [-0.2, 0) is 6.54 Å². The van der Waals surface area contributed by atoms with E-state index in [1.165, 1.54) is 11.6 Å². The maximum absolute atomic E-state index is 11.0. The molecule has 0 radical (unpaired) electrons. The number of benzene rings is 2. The molecular formula is C14H13BrN2O2. The number of nitro groups is 1. The first-order valence-electron chi connectivity index (χ1n) is 5.79. The van der Waals surface area contributed by atoms with E-state index >= 15 is 0 Å². The number of rotatable bonds is 4. The Morgan fingerprint density at radius 2 is 1.89 bits per heavy atom. The van der Waals surface area contributed by atoms with Gasteiger partial charge in [0.2, 0.25) is 0 Å². The Hall–Kier alpha value is -1.88. The molecule has 0 bridgehead atoms. The molecule has 0 aliphatic rings. The molecule has 0 unspecified atom stereocenters. The van der Waals surface area contributed by atoms with Gasteiger partial charge in [0.25, 0.3) is 5.69 Å². The number of nitro benzene ring substituents is 1. The highest BCUT2D eigenvalue weighted by Gasteiger charge is 2.13. The van der Waals surface area contributed by atoms with Crippen LogP contribution in [0.4, 0.5) is 11.4 Å². The minimum absolute atomic E-state index is 0.0708. The van der Waals surface area contributed by atoms with Crippen LogP contribution in [0.3, 0.4) is 0 Å². The van der Waals surface area contributed by atoms with E-state index in [0.717, 1.165) is 5.56 Å². The van der Waals surface area contributed by atoms with Crippen molar-refractivity contribution in [2.75, 3.05) is 5.32 Å². The predicted molar refractivity (Wildman–Crippen MR) is 79.3 cm³/mol. The molecule has 0 amide bonds. The van der Waals surface area contributed by atoms with Gasteiger partial charge in [-0.15, -0.1) is 0 Å². The maximum atomic E-state index is 11.0. The Kier molecular flexibility index (Phi) is 4.16. The molecule has 2 aromatic rings. The van der Waals surface area contributed by atoms with Crippen molar-refractivity contribution in [2.24, 2.45) is 0 Å². The minimum Gasteiger partial charge on any atom is -0.375 e. The highest BCUT2D eigenvalue weighted by Crippen LogP contribution is 2.28. The number of hydrogen-bond donors (Lipinski definition) is 1. The SMILES string of the molecule is Cc1ccc(CNc2ccc(Br)cc2[N+](=O)[O-])cc1. The zero-order valence-corrected chi connectivity index (χ0v) is 12.0. The number of hydrogen-bond acceptors (Lipinski definition) is 3. The average molecular weight is 321 g/mol. The second kappa shape index (κ2) is 5.84. The van der Waals surface area contributed by atoms with Crippen LogP contribution in [0.25, 0.3) is 0 Å². The van der Waals surface area contributed by atoms with Crippen LogP contribution >= 0.6 is 15.9 Å². The van der Waals surface area contributed by atoms with E-state index in [1.807, 2.05) is 31.2 Å². The van der Waals surface area contributed by atoms with Gasteiger partial charge in [0.15, 0.2) is 0 Å². The molecule has 5 heteroatoms. The highest BCUT2D eigenvalue weighted by atomic mass is 79.9. The molecule has 2 aromatic carbocycles. The van der Waals surface area contributed by atoms with E-state index in [2.05, 4.69) is 21.2 Å². The van der Waals surface area contributed by atoms with E-state index in [0.29, 0.717) is 16.7 Å². The molecule has 0 atom stereocenters. The monoisotopic (exact) mass is 320 g/mol. The molecule has 98 valence electrons. The fraction of sp³-hybridized carbons (Fsp3) is 0.143. The molecule has 0 saturated heterocycles. The highest BCUT2D eigenvalue weighted by molar-refractivity contribution is 9.10. The van der Waals surface area contributed by atoms with Crippen molar-refractivity contribution in [3.8, 4) is 0 Å². The summed E-state index contributed by atoms with van der Waals surface area (Å²) in [7, 11) is 0. The van der Waals surface area contributed by atoms with Crippen LogP contribution in [-0.4, -0.2) is 4.92 Å². The van der Waals surface area contributed by atoms with Gasteiger partial charge in [-0.2, -0.15) is 0 Å². The van der Waals surface area contributed by atoms with Crippen molar-refractivity contribution < 1.29 is 4.92 Å². The van der Waals surface area contributed by atoms with Gasteiger partial charge >= 0.3 is 0 Å². The molecule has 4 nitrogen and oxygen atoms in total. The third-order valence-electron chi connectivity index (χ3n) is 2.76. The fourth-order valence-corrected chi connectivity index (χ4v) is 2.06. The van der Waals surface area contributed by atoms with E-state index < -0.39 is 0 Å². The van der Waals surface area contributed by atoms with Gasteiger partial charge in [-0.25, -0.2) is 0 Å². The Bertz CT molecular complexity index is 597. The van der Waals surface area contributed by atoms with Gasteiger partial charge in [-0.3, -0.25) is 10.1 Å². The average Bonchev–Trinajstić information content (AvgIpc) is 2.39. The number of nitrogens with one attached hydrogen (secondary N) is 1. The van der Waals surface area contributed by atoms with Crippen molar-refractivity contribution in [1.29, 1.82) is 0 Å². The number of halogens is 1. The zero-order chi connectivity index (χ0) is 13.8. The number of nitrogens with zero attached hydrogens (tertiary/aromatic N) is 1. The van der Waals surface area contributed by atoms with Gasteiger partial charge in [-0.05, 0) is 24.6 Å². The molecule has 0 aromatic heterocycles. The Balaban J connectivity index is 2.15. The first kappa shape index (κ1) is 13.5. The molecular weight excluding hydrogens is 308 g/mol. The van der Waals surface area contributed by atoms with Crippen LogP contribution in [0.5, 0.6) is 0 Å². The molecule has 1 N–H and O–H groups in total. The first-order valence-corrected chi connectivity index (χ1v) is 6.59. The molecule has 0 saturated carbocycles. The molecule has 0 aliphatic heterocycles. The fourth-order valence-electron chi connectivity index (χ4n) is 1.71. The summed E-state index contributed by atoms with van der Waals surface area (Å²) in [6, 6.07) is 13.0. The molecule has 0 fully saturated rings. The summed E-state index contributed by atoms with van der Waals surface area (Å²) < 4.78 is 0.695. The first-order chi connectivity index (χ1) is 9.06. The van der Waals surface area contributed by atoms with Crippen molar-refractivity contribution >= 4 is 27.3 Å². The number of aryl methyl sites for hydroxylation is 1. The summed E-state index contributed by atoms with van der Waals surface area (Å²) in [6.45, 7) is 2.58. The quantitative estimate of drug-likeness (QED) is 0.675. The smallest absolute Gasteiger partial charge is 0.293 e. The minimum atomic E-state index is -0.387. The lowest BCUT2D eigenvalue weighted by molar-refractivity contribution is -0.384. The Morgan fingerprint density at radius 3 is 2.53 bits per heavy atom. The third-order valence-corrected chi connectivity index (χ3v) is 3.25. The second-order valence-electron chi connectivity index (χ2n) is 4.26. The second-order valence-corrected chi connectivity index (χ2v) is 5.17. The molecule has 0 heterocycles. The molecule has 19 heavy (non-hydrogen) atoms. The van der Waals surface area contributed by atoms with Crippen LogP contribution in [0.15, 0.2) is 46.9 Å². The predicted octanol–water partition coefficient (Wildman–Crippen LogP) is 4.28. The van der Waals surface area contributed by atoms with Crippen molar-refractivity contribution in [3.05, 3.63) is 68.2 Å². The van der Waals surface area contributed by atoms with E-state index in [1.54, 1.807) is 12.1 Å². The lowest BCUT2D eigenvalue weighted by Crippen LogP contribution is -2.02. The third kappa shape index (κ3) is 3.54. The van der Waals surface area contributed by atoms with E-state index in [-0.39, 0.29) is 10.6 Å². The number of anilines is 1. The topological polar surface area (TPSA) is 55.2 Å². The molecule has 2 rings (SSSR count). The van der Waals surface area contributed by atoms with Crippen LogP contribution in [0.2, 0.25) is 0 Å². The van der Waals surface area contributed by atoms with E-state index in [9.17, 15) is 10.1 Å². The molecule has 0 aliphatic carbocycles. The van der Waals surface area contributed by atoms with Crippen LogP contribution in [0, 0.1) is 17.0 Å². The van der Waals surface area contributed by atoms with Crippen LogP contribution in [0.1, 0.15) is 11.1 Å². The summed E-state index contributed by atoms with van der Waals surface area (Å²) >= 11 is 3.24. The van der Waals surface area contributed by atoms with E-state index in [4.69, 9.17) is 0 Å². The summed E-state index contributed by atoms with van der Waals surface area (Å²) in [6.07, 6.45) is 0. The maximum Gasteiger partial charge on any atom is 0.293 e. The van der Waals surface area contributed by atoms with Gasteiger partial charge in [-0.1, -0.05) is 45.8 Å². The summed E-state index contributed by atoms with van der Waals surface area (Å²) in [5.41, 5.74) is 2.87. The van der Waals surface area contributed by atoms with Gasteiger partial charge in [0.05, 0.1) is 4.92 Å². The normalized spacial score (nSPS) is 10.2. The summed E-state index contributed by atoms with van der Waals surface area (Å²) in [5.74, 6) is 0. The lowest BCUT2D eigenvalue weighted by atomic mass is 10.1. The summed E-state index contributed by atoms with van der Waals surface area (Å²) in [5, 5.41) is 14.1. The van der Waals surface area contributed by atoms with Crippen LogP contribution < -0.4 is 5.32 Å². The van der Waals surface area contributed by atoms with Crippen molar-refractivity contribution in [1.82, 2.24) is 0 Å². The molecule has 0 spiro atoms.